The second-order valence-corrected chi connectivity index (χ2v) is 1.98. The molecule has 0 bridgehead atoms. The normalized spacial score (nSPS) is 10.4. The Bertz CT molecular complexity index is 351. The van der Waals surface area contributed by atoms with Gasteiger partial charge in [0.15, 0.2) is 5.82 Å². The highest BCUT2D eigenvalue weighted by Gasteiger charge is 1.96. The van der Waals surface area contributed by atoms with Crippen molar-refractivity contribution in [2.75, 3.05) is 5.73 Å². The molecule has 0 aliphatic carbocycles. The van der Waals surface area contributed by atoms with E-state index in [0.717, 1.165) is 5.52 Å². The van der Waals surface area contributed by atoms with Crippen molar-refractivity contribution in [3.8, 4) is 0 Å². The lowest BCUT2D eigenvalue weighted by Gasteiger charge is -1.88. The van der Waals surface area contributed by atoms with Gasteiger partial charge in [-0.05, 0) is 12.1 Å². The molecule has 0 spiro atoms. The molecule has 4 nitrogen and oxygen atoms in total. The molecule has 10 heavy (non-hydrogen) atoms. The molecule has 2 N–H and O–H groups in total. The van der Waals surface area contributed by atoms with Crippen molar-refractivity contribution in [3.63, 3.8) is 0 Å². The molecule has 0 radical (unpaired) electrons. The van der Waals surface area contributed by atoms with Gasteiger partial charge in [0.05, 0.1) is 0 Å². The molecule has 2 aromatic heterocycles. The van der Waals surface area contributed by atoms with Crippen LogP contribution in [0, 0.1) is 0 Å². The van der Waals surface area contributed by atoms with Gasteiger partial charge >= 0.3 is 0 Å². The summed E-state index contributed by atoms with van der Waals surface area (Å²) in [4.78, 5) is 3.87. The van der Waals surface area contributed by atoms with Crippen molar-refractivity contribution >= 4 is 11.3 Å². The minimum Gasteiger partial charge on any atom is -0.382 e. The van der Waals surface area contributed by atoms with Crippen LogP contribution in [0.2, 0.25) is 0 Å². The van der Waals surface area contributed by atoms with Crippen LogP contribution in [0.25, 0.3) is 5.52 Å². The molecule has 0 atom stereocenters. The van der Waals surface area contributed by atoms with E-state index in [-0.39, 0.29) is 0 Å². The largest absolute Gasteiger partial charge is 0.382 e. The molecule has 0 aromatic carbocycles. The highest BCUT2D eigenvalue weighted by atomic mass is 15.2. The predicted octanol–water partition coefficient (Wildman–Crippen LogP) is 0.311. The van der Waals surface area contributed by atoms with E-state index in [2.05, 4.69) is 10.1 Å². The molecule has 0 aliphatic heterocycles. The molecule has 0 aliphatic rings. The molecule has 0 saturated carbocycles. The third-order valence-electron chi connectivity index (χ3n) is 1.35. The van der Waals surface area contributed by atoms with E-state index in [1.807, 2.05) is 12.1 Å². The minimum atomic E-state index is 0.521. The second kappa shape index (κ2) is 1.70. The fourth-order valence-corrected chi connectivity index (χ4v) is 0.861. The van der Waals surface area contributed by atoms with Crippen LogP contribution in [0.3, 0.4) is 0 Å². The minimum absolute atomic E-state index is 0.521. The standard InChI is InChI=1S/C6H6N4/c7-6-5-2-1-3-9-10(5)4-8-6/h1-4H,7H2. The highest BCUT2D eigenvalue weighted by Crippen LogP contribution is 2.06. The van der Waals surface area contributed by atoms with Crippen molar-refractivity contribution in [2.24, 2.45) is 0 Å². The molecule has 0 amide bonds. The lowest BCUT2D eigenvalue weighted by molar-refractivity contribution is 0.926. The number of rotatable bonds is 0. The fraction of sp³-hybridized carbons (Fsp3) is 0. The van der Waals surface area contributed by atoms with Crippen LogP contribution in [0.5, 0.6) is 0 Å². The van der Waals surface area contributed by atoms with Crippen LogP contribution < -0.4 is 5.73 Å². The molecule has 2 heterocycles. The van der Waals surface area contributed by atoms with E-state index in [4.69, 9.17) is 5.73 Å². The van der Waals surface area contributed by atoms with Crippen molar-refractivity contribution in [1.82, 2.24) is 14.6 Å². The summed E-state index contributed by atoms with van der Waals surface area (Å²) in [7, 11) is 0. The van der Waals surface area contributed by atoms with Gasteiger partial charge in [0.1, 0.15) is 11.8 Å². The molecular formula is C6H6N4. The highest BCUT2D eigenvalue weighted by molar-refractivity contribution is 5.64. The zero-order valence-electron chi connectivity index (χ0n) is 5.23. The van der Waals surface area contributed by atoms with Gasteiger partial charge in [0.2, 0.25) is 0 Å². The second-order valence-electron chi connectivity index (χ2n) is 1.98. The maximum Gasteiger partial charge on any atom is 0.151 e. The number of fused-ring (bicyclic) bond motifs is 1. The van der Waals surface area contributed by atoms with Gasteiger partial charge in [-0.1, -0.05) is 0 Å². The van der Waals surface area contributed by atoms with E-state index in [1.54, 1.807) is 17.0 Å². The summed E-state index contributed by atoms with van der Waals surface area (Å²) in [6, 6.07) is 3.70. The SMILES string of the molecule is Nc1ncn2ncccc12. The van der Waals surface area contributed by atoms with Crippen LogP contribution in [0.15, 0.2) is 24.7 Å². The number of nitrogens with zero attached hydrogens (tertiary/aromatic N) is 3. The zero-order valence-corrected chi connectivity index (χ0v) is 5.23. The first-order chi connectivity index (χ1) is 4.88. The van der Waals surface area contributed by atoms with E-state index in [0.29, 0.717) is 5.82 Å². The van der Waals surface area contributed by atoms with Crippen LogP contribution in [0.4, 0.5) is 5.82 Å². The van der Waals surface area contributed by atoms with Crippen LogP contribution in [0.1, 0.15) is 0 Å². The Kier molecular flexibility index (Phi) is 0.887. The van der Waals surface area contributed by atoms with E-state index >= 15 is 0 Å². The van der Waals surface area contributed by atoms with Crippen molar-refractivity contribution < 1.29 is 0 Å². The van der Waals surface area contributed by atoms with Gasteiger partial charge in [0, 0.05) is 6.20 Å². The van der Waals surface area contributed by atoms with E-state index in [1.165, 1.54) is 0 Å². The number of aromatic nitrogens is 3. The Morgan fingerprint density at radius 2 is 2.40 bits per heavy atom. The Balaban J connectivity index is 2.93. The van der Waals surface area contributed by atoms with Crippen molar-refractivity contribution in [1.29, 1.82) is 0 Å². The molecule has 50 valence electrons. The van der Waals surface area contributed by atoms with Gasteiger partial charge in [-0.15, -0.1) is 0 Å². The molecular weight excluding hydrogens is 128 g/mol. The smallest absolute Gasteiger partial charge is 0.151 e. The molecule has 2 aromatic rings. The van der Waals surface area contributed by atoms with Crippen LogP contribution in [-0.2, 0) is 0 Å². The first-order valence-electron chi connectivity index (χ1n) is 2.92. The Labute approximate surface area is 57.3 Å². The number of nitrogens with two attached hydrogens (primary N) is 1. The fourth-order valence-electron chi connectivity index (χ4n) is 0.861. The molecule has 0 unspecified atom stereocenters. The first kappa shape index (κ1) is 5.22. The first-order valence-corrected chi connectivity index (χ1v) is 2.92. The summed E-state index contributed by atoms with van der Waals surface area (Å²) in [5.41, 5.74) is 6.35. The maximum absolute atomic E-state index is 5.50. The molecule has 0 fully saturated rings. The van der Waals surface area contributed by atoms with E-state index < -0.39 is 0 Å². The summed E-state index contributed by atoms with van der Waals surface area (Å²) in [5, 5.41) is 3.98. The average Bonchev–Trinajstić information content (AvgIpc) is 2.34. The monoisotopic (exact) mass is 134 g/mol. The van der Waals surface area contributed by atoms with Crippen LogP contribution >= 0.6 is 0 Å². The van der Waals surface area contributed by atoms with Gasteiger partial charge in [-0.3, -0.25) is 0 Å². The van der Waals surface area contributed by atoms with E-state index in [9.17, 15) is 0 Å². The summed E-state index contributed by atoms with van der Waals surface area (Å²) in [5.74, 6) is 0.521. The Hall–Kier alpha value is -1.58. The lowest BCUT2D eigenvalue weighted by atomic mass is 10.5. The zero-order chi connectivity index (χ0) is 6.97. The number of hydrogen-bond acceptors (Lipinski definition) is 3. The van der Waals surface area contributed by atoms with Gasteiger partial charge in [0.25, 0.3) is 0 Å². The molecule has 2 rings (SSSR count). The number of nitrogen functional groups attached to an aromatic ring is 1. The topological polar surface area (TPSA) is 56.2 Å². The third kappa shape index (κ3) is 0.556. The van der Waals surface area contributed by atoms with Crippen molar-refractivity contribution in [3.05, 3.63) is 24.7 Å². The summed E-state index contributed by atoms with van der Waals surface area (Å²) < 4.78 is 1.63. The number of hydrogen-bond donors (Lipinski definition) is 1. The van der Waals surface area contributed by atoms with Gasteiger partial charge in [-0.2, -0.15) is 5.10 Å². The molecule has 4 heteroatoms. The lowest BCUT2D eigenvalue weighted by Crippen LogP contribution is -1.88. The number of imidazole rings is 1. The van der Waals surface area contributed by atoms with Crippen molar-refractivity contribution in [2.45, 2.75) is 0 Å². The van der Waals surface area contributed by atoms with Crippen LogP contribution in [-0.4, -0.2) is 14.6 Å². The summed E-state index contributed by atoms with van der Waals surface area (Å²) >= 11 is 0. The van der Waals surface area contributed by atoms with Gasteiger partial charge in [-0.25, -0.2) is 9.50 Å². The quantitative estimate of drug-likeness (QED) is 0.564. The third-order valence-corrected chi connectivity index (χ3v) is 1.35. The summed E-state index contributed by atoms with van der Waals surface area (Å²) in [6.45, 7) is 0. The average molecular weight is 134 g/mol. The maximum atomic E-state index is 5.50. The Morgan fingerprint density at radius 1 is 1.50 bits per heavy atom. The summed E-state index contributed by atoms with van der Waals surface area (Å²) in [6.07, 6.45) is 3.28. The Morgan fingerprint density at radius 3 is 3.20 bits per heavy atom. The number of anilines is 1. The predicted molar refractivity (Wildman–Crippen MR) is 37.4 cm³/mol. The molecule has 0 saturated heterocycles. The van der Waals surface area contributed by atoms with Gasteiger partial charge < -0.3 is 5.73 Å².